The fourth-order valence-electron chi connectivity index (χ4n) is 1.91. The fraction of sp³-hybridized carbons (Fsp3) is 0.176. The lowest BCUT2D eigenvalue weighted by Gasteiger charge is -2.11. The van der Waals surface area contributed by atoms with Crippen LogP contribution in [0.5, 0.6) is 5.75 Å². The van der Waals surface area contributed by atoms with Crippen molar-refractivity contribution in [3.63, 3.8) is 0 Å². The molecule has 0 saturated carbocycles. The van der Waals surface area contributed by atoms with Crippen LogP contribution >= 0.6 is 47.0 Å². The highest BCUT2D eigenvalue weighted by Crippen LogP contribution is 2.25. The van der Waals surface area contributed by atoms with Gasteiger partial charge in [0.15, 0.2) is 5.11 Å². The summed E-state index contributed by atoms with van der Waals surface area (Å²) in [5, 5.41) is 9.17. The van der Waals surface area contributed by atoms with E-state index in [0.29, 0.717) is 44.6 Å². The van der Waals surface area contributed by atoms with Gasteiger partial charge >= 0.3 is 0 Å². The van der Waals surface area contributed by atoms with Gasteiger partial charge in [-0.25, -0.2) is 0 Å². The minimum absolute atomic E-state index is 0.293. The average Bonchev–Trinajstić information content (AvgIpc) is 2.56. The van der Waals surface area contributed by atoms with Crippen molar-refractivity contribution in [2.75, 3.05) is 6.54 Å². The molecule has 0 radical (unpaired) electrons. The standard InChI is InChI=1S/C17H16Cl3N3OS/c1-2-21-17(25)23-22-9-12-7-13(18)5-6-16(12)24-10-11-3-4-14(19)8-15(11)20/h3-9H,2,10H2,1H3,(H2,21,23,25). The highest BCUT2D eigenvalue weighted by atomic mass is 35.5. The van der Waals surface area contributed by atoms with Crippen molar-refractivity contribution in [3.05, 3.63) is 62.6 Å². The van der Waals surface area contributed by atoms with E-state index < -0.39 is 0 Å². The molecule has 0 spiro atoms. The van der Waals surface area contributed by atoms with Gasteiger partial charge in [0.1, 0.15) is 12.4 Å². The smallest absolute Gasteiger partial charge is 0.186 e. The Morgan fingerprint density at radius 1 is 1.16 bits per heavy atom. The maximum atomic E-state index is 6.17. The summed E-state index contributed by atoms with van der Waals surface area (Å²) in [5.74, 6) is 0.621. The van der Waals surface area contributed by atoms with Crippen LogP contribution in [0.2, 0.25) is 15.1 Å². The molecule has 0 saturated heterocycles. The van der Waals surface area contributed by atoms with Gasteiger partial charge in [-0.1, -0.05) is 40.9 Å². The van der Waals surface area contributed by atoms with Crippen LogP contribution in [0.1, 0.15) is 18.1 Å². The van der Waals surface area contributed by atoms with E-state index >= 15 is 0 Å². The molecule has 8 heteroatoms. The van der Waals surface area contributed by atoms with Crippen LogP contribution in [0.3, 0.4) is 0 Å². The van der Waals surface area contributed by atoms with Crippen LogP contribution in [0, 0.1) is 0 Å². The van der Waals surface area contributed by atoms with E-state index in [4.69, 9.17) is 51.8 Å². The quantitative estimate of drug-likeness (QED) is 0.393. The molecule has 2 rings (SSSR count). The van der Waals surface area contributed by atoms with Crippen LogP contribution in [0.4, 0.5) is 0 Å². The molecule has 0 aliphatic heterocycles. The third-order valence-electron chi connectivity index (χ3n) is 3.08. The maximum absolute atomic E-state index is 6.17. The first-order chi connectivity index (χ1) is 12.0. The summed E-state index contributed by atoms with van der Waals surface area (Å²) >= 11 is 23.2. The average molecular weight is 417 g/mol. The summed E-state index contributed by atoms with van der Waals surface area (Å²) in [6, 6.07) is 10.5. The summed E-state index contributed by atoms with van der Waals surface area (Å²) < 4.78 is 5.85. The Hall–Kier alpha value is -1.53. The highest BCUT2D eigenvalue weighted by Gasteiger charge is 2.06. The number of ether oxygens (including phenoxy) is 1. The second kappa shape index (κ2) is 9.82. The zero-order chi connectivity index (χ0) is 18.2. The van der Waals surface area contributed by atoms with E-state index in [1.54, 1.807) is 36.5 Å². The van der Waals surface area contributed by atoms with Gasteiger partial charge in [0.25, 0.3) is 0 Å². The number of hydrogen-bond donors (Lipinski definition) is 2. The molecule has 0 aliphatic carbocycles. The van der Waals surface area contributed by atoms with Crippen molar-refractivity contribution >= 4 is 58.3 Å². The number of halogens is 3. The van der Waals surface area contributed by atoms with E-state index in [1.807, 2.05) is 13.0 Å². The highest BCUT2D eigenvalue weighted by molar-refractivity contribution is 7.80. The molecular formula is C17H16Cl3N3OS. The molecule has 0 heterocycles. The van der Waals surface area contributed by atoms with E-state index in [0.717, 1.165) is 5.56 Å². The predicted molar refractivity (Wildman–Crippen MR) is 109 cm³/mol. The van der Waals surface area contributed by atoms with Gasteiger partial charge in [-0.2, -0.15) is 5.10 Å². The third kappa shape index (κ3) is 6.36. The number of hydrazone groups is 1. The van der Waals surface area contributed by atoms with E-state index in [2.05, 4.69) is 15.8 Å². The number of rotatable bonds is 6. The Kier molecular flexibility index (Phi) is 7.78. The minimum Gasteiger partial charge on any atom is -0.488 e. The second-order valence-corrected chi connectivity index (χ2v) is 6.62. The molecule has 132 valence electrons. The zero-order valence-corrected chi connectivity index (χ0v) is 16.4. The Morgan fingerprint density at radius 3 is 2.60 bits per heavy atom. The topological polar surface area (TPSA) is 45.7 Å². The molecule has 0 atom stereocenters. The zero-order valence-electron chi connectivity index (χ0n) is 13.4. The van der Waals surface area contributed by atoms with Gasteiger partial charge < -0.3 is 10.1 Å². The van der Waals surface area contributed by atoms with Crippen molar-refractivity contribution in [3.8, 4) is 5.75 Å². The first-order valence-electron chi connectivity index (χ1n) is 7.42. The summed E-state index contributed by atoms with van der Waals surface area (Å²) in [7, 11) is 0. The minimum atomic E-state index is 0.293. The van der Waals surface area contributed by atoms with Gasteiger partial charge in [0.2, 0.25) is 0 Å². The molecule has 0 fully saturated rings. The van der Waals surface area contributed by atoms with Crippen molar-refractivity contribution in [1.82, 2.24) is 10.7 Å². The van der Waals surface area contributed by atoms with Crippen LogP contribution in [0.25, 0.3) is 0 Å². The Bertz CT molecular complexity index is 784. The van der Waals surface area contributed by atoms with Gasteiger partial charge in [0, 0.05) is 32.7 Å². The van der Waals surface area contributed by atoms with Crippen LogP contribution < -0.4 is 15.5 Å². The van der Waals surface area contributed by atoms with Gasteiger partial charge in [-0.3, -0.25) is 5.43 Å². The molecule has 0 unspecified atom stereocenters. The first-order valence-corrected chi connectivity index (χ1v) is 8.97. The van der Waals surface area contributed by atoms with Gasteiger partial charge in [0.05, 0.1) is 6.21 Å². The lowest BCUT2D eigenvalue weighted by molar-refractivity contribution is 0.306. The van der Waals surface area contributed by atoms with Crippen molar-refractivity contribution in [1.29, 1.82) is 0 Å². The van der Waals surface area contributed by atoms with Gasteiger partial charge in [-0.15, -0.1) is 0 Å². The van der Waals surface area contributed by atoms with Gasteiger partial charge in [-0.05, 0) is 49.5 Å². The summed E-state index contributed by atoms with van der Waals surface area (Å²) in [4.78, 5) is 0. The van der Waals surface area contributed by atoms with Crippen molar-refractivity contribution in [2.24, 2.45) is 5.10 Å². The monoisotopic (exact) mass is 415 g/mol. The molecular weight excluding hydrogens is 401 g/mol. The predicted octanol–water partition coefficient (Wildman–Crippen LogP) is 5.04. The number of hydrogen-bond acceptors (Lipinski definition) is 3. The van der Waals surface area contributed by atoms with E-state index in [-0.39, 0.29) is 0 Å². The fourth-order valence-corrected chi connectivity index (χ4v) is 2.75. The number of thiocarbonyl (C=S) groups is 1. The normalized spacial score (nSPS) is 10.7. The second-order valence-electron chi connectivity index (χ2n) is 4.94. The Morgan fingerprint density at radius 2 is 1.88 bits per heavy atom. The molecule has 2 aromatic carbocycles. The van der Waals surface area contributed by atoms with Crippen LogP contribution in [-0.4, -0.2) is 17.9 Å². The molecule has 0 aromatic heterocycles. The number of nitrogens with zero attached hydrogens (tertiary/aromatic N) is 1. The van der Waals surface area contributed by atoms with Crippen LogP contribution in [0.15, 0.2) is 41.5 Å². The number of nitrogens with one attached hydrogen (secondary N) is 2. The Balaban J connectivity index is 2.09. The summed E-state index contributed by atoms with van der Waals surface area (Å²) in [6.45, 7) is 2.96. The molecule has 0 amide bonds. The molecule has 25 heavy (non-hydrogen) atoms. The van der Waals surface area contributed by atoms with E-state index in [9.17, 15) is 0 Å². The lowest BCUT2D eigenvalue weighted by Crippen LogP contribution is -2.31. The molecule has 4 nitrogen and oxygen atoms in total. The summed E-state index contributed by atoms with van der Waals surface area (Å²) in [5.41, 5.74) is 4.26. The number of benzene rings is 2. The Labute approximate surface area is 167 Å². The molecule has 2 aromatic rings. The largest absolute Gasteiger partial charge is 0.488 e. The molecule has 0 bridgehead atoms. The third-order valence-corrected chi connectivity index (χ3v) is 4.13. The molecule has 0 aliphatic rings. The van der Waals surface area contributed by atoms with Crippen molar-refractivity contribution in [2.45, 2.75) is 13.5 Å². The maximum Gasteiger partial charge on any atom is 0.186 e. The SMILES string of the molecule is CCNC(=S)NN=Cc1cc(Cl)ccc1OCc1ccc(Cl)cc1Cl. The van der Waals surface area contributed by atoms with E-state index in [1.165, 1.54) is 0 Å². The van der Waals surface area contributed by atoms with Crippen LogP contribution in [-0.2, 0) is 6.61 Å². The van der Waals surface area contributed by atoms with Crippen molar-refractivity contribution < 1.29 is 4.74 Å². The lowest BCUT2D eigenvalue weighted by atomic mass is 10.2. The first kappa shape index (κ1) is 19.8. The molecule has 2 N–H and O–H groups in total. The summed E-state index contributed by atoms with van der Waals surface area (Å²) in [6.07, 6.45) is 1.59.